The van der Waals surface area contributed by atoms with Gasteiger partial charge in [-0.15, -0.1) is 0 Å². The van der Waals surface area contributed by atoms with Gasteiger partial charge in [-0.1, -0.05) is 25.4 Å². The Labute approximate surface area is 231 Å². The molecule has 0 aromatic carbocycles. The summed E-state index contributed by atoms with van der Waals surface area (Å²) in [5, 5.41) is 10.1. The maximum atomic E-state index is 14.9. The molecule has 0 saturated carbocycles. The van der Waals surface area contributed by atoms with Crippen molar-refractivity contribution >= 4 is 34.4 Å². The lowest BCUT2D eigenvalue weighted by Gasteiger charge is -2.42. The Balaban J connectivity index is 1.95. The molecule has 1 fully saturated rings. The van der Waals surface area contributed by atoms with E-state index in [-0.39, 0.29) is 52.5 Å². The summed E-state index contributed by atoms with van der Waals surface area (Å²) in [4.78, 5) is 39.0. The highest BCUT2D eigenvalue weighted by molar-refractivity contribution is 6.30. The average Bonchev–Trinajstić information content (AvgIpc) is 2.84. The van der Waals surface area contributed by atoms with E-state index in [4.69, 9.17) is 16.3 Å². The lowest BCUT2D eigenvalue weighted by molar-refractivity contribution is 0.0219. The van der Waals surface area contributed by atoms with Crippen LogP contribution in [0.25, 0.3) is 16.7 Å². The molecule has 1 atom stereocenters. The number of amides is 1. The monoisotopic (exact) mass is 554 g/mol. The number of nitrogens with zero attached hydrogens (tertiary/aromatic N) is 6. The first-order chi connectivity index (χ1) is 18.2. The van der Waals surface area contributed by atoms with Crippen LogP contribution in [-0.2, 0) is 4.74 Å². The molecule has 11 heteroatoms. The molecular formula is C28H32ClFN6O3. The molecule has 0 spiro atoms. The molecule has 39 heavy (non-hydrogen) atoms. The van der Waals surface area contributed by atoms with E-state index in [1.54, 1.807) is 37.9 Å². The molecule has 1 saturated heterocycles. The Morgan fingerprint density at radius 2 is 1.97 bits per heavy atom. The first-order valence-corrected chi connectivity index (χ1v) is 13.2. The van der Waals surface area contributed by atoms with Gasteiger partial charge in [-0.2, -0.15) is 5.26 Å². The normalized spacial score (nSPS) is 16.1. The van der Waals surface area contributed by atoms with Gasteiger partial charge in [0.1, 0.15) is 17.2 Å². The Hall–Kier alpha value is -3.71. The molecule has 4 rings (SSSR count). The molecule has 1 unspecified atom stereocenters. The summed E-state index contributed by atoms with van der Waals surface area (Å²) in [5.74, 6) is -0.824. The van der Waals surface area contributed by atoms with E-state index in [0.717, 1.165) is 5.56 Å². The van der Waals surface area contributed by atoms with E-state index in [1.807, 2.05) is 32.6 Å². The van der Waals surface area contributed by atoms with Crippen molar-refractivity contribution in [3.05, 3.63) is 56.5 Å². The van der Waals surface area contributed by atoms with Crippen molar-refractivity contribution in [1.82, 2.24) is 19.4 Å². The Bertz CT molecular complexity index is 1560. The van der Waals surface area contributed by atoms with Crippen LogP contribution >= 0.6 is 11.6 Å². The van der Waals surface area contributed by atoms with Crippen LogP contribution in [0, 0.1) is 24.1 Å². The summed E-state index contributed by atoms with van der Waals surface area (Å²) in [7, 11) is 0. The van der Waals surface area contributed by atoms with Crippen molar-refractivity contribution in [3.8, 4) is 11.8 Å². The number of pyridine rings is 3. The van der Waals surface area contributed by atoms with Gasteiger partial charge < -0.3 is 14.5 Å². The predicted octanol–water partition coefficient (Wildman–Crippen LogP) is 5.32. The second-order valence-electron chi connectivity index (χ2n) is 11.1. The highest BCUT2D eigenvalue weighted by Gasteiger charge is 2.34. The number of aryl methyl sites for hydroxylation is 1. The number of anilines is 1. The fraction of sp³-hybridized carbons (Fsp3) is 0.464. The summed E-state index contributed by atoms with van der Waals surface area (Å²) in [6.07, 6.45) is 1.22. The van der Waals surface area contributed by atoms with Gasteiger partial charge in [-0.05, 0) is 58.2 Å². The zero-order valence-electron chi connectivity index (χ0n) is 23.2. The van der Waals surface area contributed by atoms with E-state index in [2.05, 4.69) is 16.0 Å². The van der Waals surface area contributed by atoms with Crippen LogP contribution in [0.15, 0.2) is 23.1 Å². The van der Waals surface area contributed by atoms with E-state index in [0.29, 0.717) is 17.9 Å². The summed E-state index contributed by atoms with van der Waals surface area (Å²) in [6, 6.07) is 4.73. The summed E-state index contributed by atoms with van der Waals surface area (Å²) in [6.45, 7) is 13.9. The minimum absolute atomic E-state index is 0.0519. The zero-order chi connectivity index (χ0) is 28.8. The minimum atomic E-state index is -0.772. The molecule has 0 N–H and O–H groups in total. The molecule has 1 aliphatic heterocycles. The molecule has 1 amide bonds. The topological polar surface area (TPSA) is 104 Å². The Morgan fingerprint density at radius 1 is 1.28 bits per heavy atom. The van der Waals surface area contributed by atoms with Crippen LogP contribution in [0.5, 0.6) is 0 Å². The number of fused-ring (bicyclic) bond motifs is 1. The first-order valence-electron chi connectivity index (χ1n) is 12.8. The third-order valence-electron chi connectivity index (χ3n) is 6.64. The molecule has 3 aromatic rings. The number of piperazine rings is 1. The van der Waals surface area contributed by atoms with Crippen molar-refractivity contribution in [3.63, 3.8) is 0 Å². The fourth-order valence-electron chi connectivity index (χ4n) is 4.92. The molecule has 0 aliphatic carbocycles. The van der Waals surface area contributed by atoms with Crippen LogP contribution in [-0.4, -0.2) is 56.8 Å². The predicted molar refractivity (Wildman–Crippen MR) is 148 cm³/mol. The maximum absolute atomic E-state index is 14.9. The molecular weight excluding hydrogens is 523 g/mol. The van der Waals surface area contributed by atoms with Crippen LogP contribution in [0.4, 0.5) is 14.9 Å². The number of aromatic nitrogens is 3. The van der Waals surface area contributed by atoms with Crippen LogP contribution < -0.4 is 10.5 Å². The number of halogens is 2. The van der Waals surface area contributed by atoms with Crippen LogP contribution in [0.3, 0.4) is 0 Å². The third-order valence-corrected chi connectivity index (χ3v) is 6.90. The van der Waals surface area contributed by atoms with Crippen molar-refractivity contribution in [2.24, 2.45) is 0 Å². The SMILES string of the molecule is Cc1ccnc(C(C)C)c1-n1c(=O)c(C#N)c(N2CCN(C(=O)OC(C)(C)C)CC2C)c2cc(F)c(Cl)nc21. The number of ether oxygens (including phenoxy) is 1. The van der Waals surface area contributed by atoms with E-state index < -0.39 is 23.1 Å². The van der Waals surface area contributed by atoms with Gasteiger partial charge in [0, 0.05) is 37.3 Å². The molecule has 9 nitrogen and oxygen atoms in total. The number of carbonyl (C=O) groups excluding carboxylic acids is 1. The van der Waals surface area contributed by atoms with Gasteiger partial charge in [0.15, 0.2) is 16.6 Å². The molecule has 1 aliphatic rings. The molecule has 0 bridgehead atoms. The second-order valence-corrected chi connectivity index (χ2v) is 11.5. The van der Waals surface area contributed by atoms with Crippen molar-refractivity contribution in [2.75, 3.05) is 24.5 Å². The van der Waals surface area contributed by atoms with Gasteiger partial charge in [0.2, 0.25) is 0 Å². The number of nitriles is 1. The summed E-state index contributed by atoms with van der Waals surface area (Å²) in [5.41, 5.74) is 0.862. The zero-order valence-corrected chi connectivity index (χ0v) is 23.9. The lowest BCUT2D eigenvalue weighted by Crippen LogP contribution is -2.55. The fourth-order valence-corrected chi connectivity index (χ4v) is 5.05. The number of carbonyl (C=O) groups is 1. The highest BCUT2D eigenvalue weighted by atomic mass is 35.5. The standard InChI is InChI=1S/C28H32ClFN6O3/c1-15(2)21-22(16(3)8-9-32-21)36-25-18(12-20(30)24(29)33-25)23(19(13-31)26(36)37)35-11-10-34(14-17(35)4)27(38)39-28(5,6)7/h8-9,12,15,17H,10-11,14H2,1-7H3. The average molecular weight is 555 g/mol. The molecule has 206 valence electrons. The number of hydrogen-bond acceptors (Lipinski definition) is 7. The number of hydrogen-bond donors (Lipinski definition) is 0. The quantitative estimate of drug-likeness (QED) is 0.403. The second kappa shape index (κ2) is 10.5. The van der Waals surface area contributed by atoms with Gasteiger partial charge in [-0.3, -0.25) is 14.3 Å². The highest BCUT2D eigenvalue weighted by Crippen LogP contribution is 2.35. The van der Waals surface area contributed by atoms with Crippen LogP contribution in [0.1, 0.15) is 64.3 Å². The third kappa shape index (κ3) is 5.28. The number of rotatable bonds is 3. The van der Waals surface area contributed by atoms with Crippen molar-refractivity contribution in [1.29, 1.82) is 5.26 Å². The van der Waals surface area contributed by atoms with Crippen molar-refractivity contribution in [2.45, 2.75) is 66.0 Å². The molecule has 4 heterocycles. The smallest absolute Gasteiger partial charge is 0.410 e. The Morgan fingerprint density at radius 3 is 2.56 bits per heavy atom. The van der Waals surface area contributed by atoms with E-state index in [1.165, 1.54) is 10.6 Å². The van der Waals surface area contributed by atoms with Crippen LogP contribution in [0.2, 0.25) is 5.15 Å². The van der Waals surface area contributed by atoms with E-state index in [9.17, 15) is 19.2 Å². The minimum Gasteiger partial charge on any atom is -0.444 e. The Kier molecular flexibility index (Phi) is 7.59. The van der Waals surface area contributed by atoms with Gasteiger partial charge in [0.25, 0.3) is 5.56 Å². The molecule has 0 radical (unpaired) electrons. The van der Waals surface area contributed by atoms with Gasteiger partial charge >= 0.3 is 6.09 Å². The van der Waals surface area contributed by atoms with Gasteiger partial charge in [-0.25, -0.2) is 14.2 Å². The lowest BCUT2D eigenvalue weighted by atomic mass is 10.0. The molecule has 3 aromatic heterocycles. The first kappa shape index (κ1) is 28.3. The largest absolute Gasteiger partial charge is 0.444 e. The van der Waals surface area contributed by atoms with Gasteiger partial charge in [0.05, 0.1) is 17.1 Å². The summed E-state index contributed by atoms with van der Waals surface area (Å²) < 4.78 is 21.8. The van der Waals surface area contributed by atoms with E-state index >= 15 is 0 Å². The summed E-state index contributed by atoms with van der Waals surface area (Å²) >= 11 is 6.13. The van der Waals surface area contributed by atoms with Crippen molar-refractivity contribution < 1.29 is 13.9 Å². The maximum Gasteiger partial charge on any atom is 0.410 e.